The van der Waals surface area contributed by atoms with Gasteiger partial charge in [0.05, 0.1) is 25.1 Å². The highest BCUT2D eigenvalue weighted by Crippen LogP contribution is 2.16. The van der Waals surface area contributed by atoms with Crippen molar-refractivity contribution in [3.63, 3.8) is 0 Å². The van der Waals surface area contributed by atoms with E-state index in [2.05, 4.69) is 25.3 Å². The zero-order valence-electron chi connectivity index (χ0n) is 19.9. The first-order valence-electron chi connectivity index (χ1n) is 11.3. The van der Waals surface area contributed by atoms with Gasteiger partial charge in [-0.05, 0) is 44.0 Å². The Kier molecular flexibility index (Phi) is 8.81. The van der Waals surface area contributed by atoms with Gasteiger partial charge in [-0.15, -0.1) is 0 Å². The van der Waals surface area contributed by atoms with Crippen molar-refractivity contribution in [2.24, 2.45) is 0 Å². The van der Waals surface area contributed by atoms with Gasteiger partial charge in [0.25, 0.3) is 5.91 Å². The largest absolute Gasteiger partial charge is 0.466 e. The van der Waals surface area contributed by atoms with Gasteiger partial charge in [0.1, 0.15) is 6.04 Å². The van der Waals surface area contributed by atoms with Crippen LogP contribution in [0.1, 0.15) is 48.3 Å². The van der Waals surface area contributed by atoms with Crippen LogP contribution in [0, 0.1) is 0 Å². The minimum atomic E-state index is -0.973. The monoisotopic (exact) mass is 493 g/mol. The summed E-state index contributed by atoms with van der Waals surface area (Å²) in [7, 11) is 0. The molecule has 0 saturated carbocycles. The number of aromatic nitrogens is 4. The van der Waals surface area contributed by atoms with Gasteiger partial charge in [0, 0.05) is 12.0 Å². The van der Waals surface area contributed by atoms with Gasteiger partial charge in [-0.1, -0.05) is 18.2 Å². The van der Waals surface area contributed by atoms with E-state index in [-0.39, 0.29) is 37.8 Å². The number of nitrogen functional groups attached to an aromatic ring is 2. The minimum absolute atomic E-state index is 0.0225. The number of benzene rings is 1. The molecule has 1 aromatic carbocycles. The number of anilines is 2. The summed E-state index contributed by atoms with van der Waals surface area (Å²) in [6.45, 7) is 3.75. The molecule has 188 valence electrons. The third-order valence-electron chi connectivity index (χ3n) is 4.91. The first-order valence-corrected chi connectivity index (χ1v) is 11.3. The summed E-state index contributed by atoms with van der Waals surface area (Å²) in [6.07, 6.45) is 5.08. The van der Waals surface area contributed by atoms with E-state index >= 15 is 0 Å². The third-order valence-corrected chi connectivity index (χ3v) is 4.91. The van der Waals surface area contributed by atoms with Crippen molar-refractivity contribution in [3.05, 3.63) is 47.3 Å². The highest BCUT2D eigenvalue weighted by Gasteiger charge is 2.24. The van der Waals surface area contributed by atoms with Crippen molar-refractivity contribution in [2.45, 2.75) is 32.7 Å². The van der Waals surface area contributed by atoms with Crippen molar-refractivity contribution in [1.82, 2.24) is 25.3 Å². The number of carbonyl (C=O) groups excluding carboxylic acids is 3. The van der Waals surface area contributed by atoms with Gasteiger partial charge in [-0.25, -0.2) is 14.8 Å². The van der Waals surface area contributed by atoms with Crippen LogP contribution >= 0.6 is 0 Å². The van der Waals surface area contributed by atoms with Crippen LogP contribution in [0.5, 0.6) is 0 Å². The molecule has 5 N–H and O–H groups in total. The van der Waals surface area contributed by atoms with Crippen LogP contribution in [0.4, 0.5) is 11.8 Å². The van der Waals surface area contributed by atoms with Crippen molar-refractivity contribution < 1.29 is 23.9 Å². The summed E-state index contributed by atoms with van der Waals surface area (Å²) in [5.74, 6) is -1.37. The number of hydrogen-bond donors (Lipinski definition) is 3. The zero-order valence-corrected chi connectivity index (χ0v) is 19.9. The molecule has 3 rings (SSSR count). The van der Waals surface area contributed by atoms with Gasteiger partial charge in [-0.3, -0.25) is 9.59 Å². The fourth-order valence-corrected chi connectivity index (χ4v) is 3.20. The maximum Gasteiger partial charge on any atom is 0.328 e. The predicted molar refractivity (Wildman–Crippen MR) is 133 cm³/mol. The predicted octanol–water partition coefficient (Wildman–Crippen LogP) is 1.76. The second kappa shape index (κ2) is 12.2. The number of esters is 2. The number of rotatable bonds is 10. The molecule has 2 heterocycles. The Morgan fingerprint density at radius 1 is 1.00 bits per heavy atom. The van der Waals surface area contributed by atoms with E-state index in [1.165, 1.54) is 6.20 Å². The summed E-state index contributed by atoms with van der Waals surface area (Å²) in [5.41, 5.74) is 13.7. The van der Waals surface area contributed by atoms with Crippen LogP contribution in [-0.2, 0) is 19.1 Å². The average molecular weight is 494 g/mol. The van der Waals surface area contributed by atoms with Crippen LogP contribution in [0.25, 0.3) is 23.3 Å². The standard InChI is InChI=1S/C24H27N7O5/c1-3-35-18(32)12-11-17(23(34)36-4-2)29-22(33)15-8-5-14(6-9-15)7-10-16-13-27-21-19(28-16)20(25)30-24(26)31-21/h5-10,13,17H,3-4,11-12H2,1-2H3,(H,29,33)(H4,25,26,27,30,31). The van der Waals surface area contributed by atoms with E-state index in [0.717, 1.165) is 5.56 Å². The first-order chi connectivity index (χ1) is 17.3. The van der Waals surface area contributed by atoms with Gasteiger partial charge >= 0.3 is 11.9 Å². The number of hydrogen-bond acceptors (Lipinski definition) is 11. The highest BCUT2D eigenvalue weighted by molar-refractivity contribution is 5.97. The molecule has 12 nitrogen and oxygen atoms in total. The summed E-state index contributed by atoms with van der Waals surface area (Å²) in [6, 6.07) is 5.72. The number of amides is 1. The molecular formula is C24H27N7O5. The number of nitrogens with one attached hydrogen (secondary N) is 1. The average Bonchev–Trinajstić information content (AvgIpc) is 2.85. The normalized spacial score (nSPS) is 11.8. The lowest BCUT2D eigenvalue weighted by molar-refractivity contribution is -0.146. The Labute approximate surface area is 207 Å². The molecule has 1 unspecified atom stereocenters. The van der Waals surface area contributed by atoms with Crippen LogP contribution in [0.3, 0.4) is 0 Å². The Balaban J connectivity index is 1.67. The smallest absolute Gasteiger partial charge is 0.328 e. The number of nitrogens with two attached hydrogens (primary N) is 2. The molecule has 36 heavy (non-hydrogen) atoms. The Morgan fingerprint density at radius 3 is 2.42 bits per heavy atom. The van der Waals surface area contributed by atoms with E-state index in [0.29, 0.717) is 22.4 Å². The Hall–Kier alpha value is -4.61. The fourth-order valence-electron chi connectivity index (χ4n) is 3.20. The molecule has 0 radical (unpaired) electrons. The van der Waals surface area contributed by atoms with E-state index in [9.17, 15) is 14.4 Å². The van der Waals surface area contributed by atoms with Gasteiger partial charge in [0.15, 0.2) is 17.0 Å². The van der Waals surface area contributed by atoms with Gasteiger partial charge in [-0.2, -0.15) is 9.97 Å². The molecule has 1 atom stereocenters. The number of fused-ring (bicyclic) bond motifs is 1. The topological polar surface area (TPSA) is 185 Å². The second-order valence-corrected chi connectivity index (χ2v) is 7.51. The van der Waals surface area contributed by atoms with Crippen molar-refractivity contribution in [3.8, 4) is 0 Å². The van der Waals surface area contributed by atoms with Gasteiger partial charge in [0.2, 0.25) is 5.95 Å². The van der Waals surface area contributed by atoms with E-state index in [1.807, 2.05) is 0 Å². The maximum atomic E-state index is 12.7. The number of carbonyl (C=O) groups is 3. The molecule has 0 aliphatic heterocycles. The SMILES string of the molecule is CCOC(=O)CCC(NC(=O)c1ccc(C=Cc2cnc3nc(N)nc(N)c3n2)cc1)C(=O)OCC. The number of nitrogens with zero attached hydrogens (tertiary/aromatic N) is 4. The van der Waals surface area contributed by atoms with Crippen molar-refractivity contribution >= 4 is 52.9 Å². The molecule has 12 heteroatoms. The minimum Gasteiger partial charge on any atom is -0.466 e. The van der Waals surface area contributed by atoms with Crippen LogP contribution < -0.4 is 16.8 Å². The lowest BCUT2D eigenvalue weighted by Gasteiger charge is -2.17. The summed E-state index contributed by atoms with van der Waals surface area (Å²) < 4.78 is 9.90. The molecule has 0 saturated heterocycles. The third kappa shape index (κ3) is 6.95. The molecule has 3 aromatic rings. The Morgan fingerprint density at radius 2 is 1.72 bits per heavy atom. The van der Waals surface area contributed by atoms with E-state index in [1.54, 1.807) is 50.3 Å². The Bertz CT molecular complexity index is 1280. The molecule has 0 aliphatic carbocycles. The second-order valence-electron chi connectivity index (χ2n) is 7.51. The van der Waals surface area contributed by atoms with Crippen molar-refractivity contribution in [2.75, 3.05) is 24.7 Å². The maximum absolute atomic E-state index is 12.7. The molecule has 0 bridgehead atoms. The fraction of sp³-hybridized carbons (Fsp3) is 0.292. The van der Waals surface area contributed by atoms with Crippen molar-refractivity contribution in [1.29, 1.82) is 0 Å². The summed E-state index contributed by atoms with van der Waals surface area (Å²) in [5, 5.41) is 2.63. The van der Waals surface area contributed by atoms with Crippen LogP contribution in [-0.4, -0.2) is 57.0 Å². The lowest BCUT2D eigenvalue weighted by atomic mass is 10.1. The highest BCUT2D eigenvalue weighted by atomic mass is 16.5. The van der Waals surface area contributed by atoms with Crippen LogP contribution in [0.2, 0.25) is 0 Å². The molecule has 0 spiro atoms. The quantitative estimate of drug-likeness (QED) is 0.349. The lowest BCUT2D eigenvalue weighted by Crippen LogP contribution is -2.42. The van der Waals surface area contributed by atoms with E-state index in [4.69, 9.17) is 20.9 Å². The molecule has 0 fully saturated rings. The summed E-state index contributed by atoms with van der Waals surface area (Å²) >= 11 is 0. The van der Waals surface area contributed by atoms with E-state index < -0.39 is 23.9 Å². The molecular weight excluding hydrogens is 466 g/mol. The zero-order chi connectivity index (χ0) is 26.1. The molecule has 1 amide bonds. The molecule has 0 aliphatic rings. The number of ether oxygens (including phenoxy) is 2. The first kappa shape index (κ1) is 26.0. The summed E-state index contributed by atoms with van der Waals surface area (Å²) in [4.78, 5) is 53.1. The van der Waals surface area contributed by atoms with Gasteiger partial charge < -0.3 is 26.3 Å². The van der Waals surface area contributed by atoms with Crippen LogP contribution in [0.15, 0.2) is 30.5 Å². The molecule has 2 aromatic heterocycles.